The van der Waals surface area contributed by atoms with Gasteiger partial charge in [0, 0.05) is 13.5 Å². The van der Waals surface area contributed by atoms with Crippen LogP contribution in [-0.4, -0.2) is 25.3 Å². The van der Waals surface area contributed by atoms with Gasteiger partial charge in [0.1, 0.15) is 0 Å². The largest absolute Gasteiger partial charge is 0.463 e. The second-order valence-electron chi connectivity index (χ2n) is 4.07. The Balaban J connectivity index is 4.01. The van der Waals surface area contributed by atoms with Gasteiger partial charge in [-0.05, 0) is 31.9 Å². The third-order valence-corrected chi connectivity index (χ3v) is 2.31. The molecule has 0 aromatic carbocycles. The van der Waals surface area contributed by atoms with Crippen molar-refractivity contribution in [1.82, 2.24) is 0 Å². The molecule has 0 heterocycles. The lowest BCUT2D eigenvalue weighted by molar-refractivity contribution is -0.146. The van der Waals surface area contributed by atoms with Crippen molar-refractivity contribution in [2.75, 3.05) is 6.54 Å². The van der Waals surface area contributed by atoms with E-state index < -0.39 is 0 Å². The number of nitrogens with zero attached hydrogens (tertiary/aromatic N) is 1. The second-order valence-corrected chi connectivity index (χ2v) is 4.07. The van der Waals surface area contributed by atoms with Gasteiger partial charge < -0.3 is 9.73 Å². The normalized spacial score (nSPS) is 14.9. The zero-order valence-corrected chi connectivity index (χ0v) is 9.62. The highest BCUT2D eigenvalue weighted by Gasteiger charge is 2.17. The van der Waals surface area contributed by atoms with Crippen LogP contribution in [-0.2, 0) is 9.53 Å². The van der Waals surface area contributed by atoms with Crippen molar-refractivity contribution in [3.05, 3.63) is 0 Å². The van der Waals surface area contributed by atoms with Gasteiger partial charge in [-0.2, -0.15) is 0 Å². The van der Waals surface area contributed by atoms with Gasteiger partial charge in [-0.25, -0.2) is 0 Å². The third kappa shape index (κ3) is 5.73. The zero-order valence-electron chi connectivity index (χ0n) is 9.62. The summed E-state index contributed by atoms with van der Waals surface area (Å²) in [5.41, 5.74) is 0. The number of hydrogen-bond acceptors (Lipinski definition) is 3. The fraction of sp³-hybridized carbons (Fsp3) is 0.818. The highest BCUT2D eigenvalue weighted by atomic mass is 16.5. The Hall–Kier alpha value is -0.860. The minimum Gasteiger partial charge on any atom is -0.463 e. The smallest absolute Gasteiger partial charge is 0.302 e. The first-order chi connectivity index (χ1) is 6.47. The number of ether oxygens (including phenoxy) is 1. The zero-order chi connectivity index (χ0) is 11.1. The highest BCUT2D eigenvalue weighted by molar-refractivity contribution is 5.66. The van der Waals surface area contributed by atoms with Crippen molar-refractivity contribution in [2.24, 2.45) is 16.8 Å². The SMILES string of the molecule is C=NCC(CC(C)OC(C)=O)C(C)C. The van der Waals surface area contributed by atoms with E-state index in [-0.39, 0.29) is 12.1 Å². The average molecular weight is 199 g/mol. The molecule has 0 aromatic heterocycles. The number of carbonyl (C=O) groups is 1. The molecule has 0 N–H and O–H groups in total. The fourth-order valence-electron chi connectivity index (χ4n) is 1.48. The minimum absolute atomic E-state index is 0.0263. The van der Waals surface area contributed by atoms with Gasteiger partial charge in [0.2, 0.25) is 0 Å². The van der Waals surface area contributed by atoms with Gasteiger partial charge >= 0.3 is 5.97 Å². The number of carbonyl (C=O) groups excluding carboxylic acids is 1. The van der Waals surface area contributed by atoms with Gasteiger partial charge in [0.15, 0.2) is 0 Å². The molecule has 3 nitrogen and oxygen atoms in total. The maximum Gasteiger partial charge on any atom is 0.302 e. The summed E-state index contributed by atoms with van der Waals surface area (Å²) in [7, 11) is 0. The van der Waals surface area contributed by atoms with Crippen molar-refractivity contribution in [3.63, 3.8) is 0 Å². The first kappa shape index (κ1) is 13.1. The van der Waals surface area contributed by atoms with Gasteiger partial charge in [-0.15, -0.1) is 0 Å². The first-order valence-electron chi connectivity index (χ1n) is 5.07. The Kier molecular flexibility index (Phi) is 6.17. The van der Waals surface area contributed by atoms with Crippen LogP contribution in [0.4, 0.5) is 0 Å². The molecule has 0 aliphatic carbocycles. The van der Waals surface area contributed by atoms with Crippen LogP contribution in [0, 0.1) is 11.8 Å². The van der Waals surface area contributed by atoms with Crippen LogP contribution < -0.4 is 0 Å². The first-order valence-corrected chi connectivity index (χ1v) is 5.07. The van der Waals surface area contributed by atoms with E-state index in [2.05, 4.69) is 25.6 Å². The Morgan fingerprint density at radius 1 is 1.43 bits per heavy atom. The molecule has 0 bridgehead atoms. The number of esters is 1. The molecule has 0 fully saturated rings. The third-order valence-electron chi connectivity index (χ3n) is 2.31. The maximum absolute atomic E-state index is 10.7. The van der Waals surface area contributed by atoms with Gasteiger partial charge in [0.25, 0.3) is 0 Å². The van der Waals surface area contributed by atoms with E-state index in [1.807, 2.05) is 6.92 Å². The minimum atomic E-state index is -0.216. The topological polar surface area (TPSA) is 38.7 Å². The molecule has 2 atom stereocenters. The molecular formula is C11H21NO2. The van der Waals surface area contributed by atoms with Gasteiger partial charge in [-0.1, -0.05) is 13.8 Å². The van der Waals surface area contributed by atoms with Crippen molar-refractivity contribution in [3.8, 4) is 0 Å². The van der Waals surface area contributed by atoms with Gasteiger partial charge in [-0.3, -0.25) is 4.79 Å². The van der Waals surface area contributed by atoms with E-state index in [4.69, 9.17) is 4.74 Å². The lowest BCUT2D eigenvalue weighted by Crippen LogP contribution is -2.22. The average Bonchev–Trinajstić information content (AvgIpc) is 2.01. The Morgan fingerprint density at radius 3 is 2.36 bits per heavy atom. The lowest BCUT2D eigenvalue weighted by atomic mass is 9.90. The van der Waals surface area contributed by atoms with Crippen LogP contribution in [0.3, 0.4) is 0 Å². The molecule has 0 radical (unpaired) electrons. The summed E-state index contributed by atoms with van der Waals surface area (Å²) in [5.74, 6) is 0.770. The predicted molar refractivity (Wildman–Crippen MR) is 58.6 cm³/mol. The van der Waals surface area contributed by atoms with Crippen molar-refractivity contribution >= 4 is 12.7 Å². The van der Waals surface area contributed by atoms with E-state index in [1.54, 1.807) is 0 Å². The van der Waals surface area contributed by atoms with Crippen LogP contribution in [0.1, 0.15) is 34.1 Å². The van der Waals surface area contributed by atoms with E-state index in [0.29, 0.717) is 11.8 Å². The number of rotatable bonds is 6. The second kappa shape index (κ2) is 6.57. The van der Waals surface area contributed by atoms with Crippen molar-refractivity contribution in [1.29, 1.82) is 0 Å². The standard InChI is InChI=1S/C11H21NO2/c1-8(2)11(7-12-5)6-9(3)14-10(4)13/h8-9,11H,5-7H2,1-4H3. The van der Waals surface area contributed by atoms with Gasteiger partial charge in [0.05, 0.1) is 6.10 Å². The summed E-state index contributed by atoms with van der Waals surface area (Å²) in [6.07, 6.45) is 0.831. The summed E-state index contributed by atoms with van der Waals surface area (Å²) in [6, 6.07) is 0. The van der Waals surface area contributed by atoms with Crippen LogP contribution in [0.25, 0.3) is 0 Å². The van der Waals surface area contributed by atoms with Crippen LogP contribution in [0.5, 0.6) is 0 Å². The molecule has 0 spiro atoms. The molecule has 0 amide bonds. The highest BCUT2D eigenvalue weighted by Crippen LogP contribution is 2.18. The summed E-state index contributed by atoms with van der Waals surface area (Å²) in [4.78, 5) is 14.6. The molecule has 14 heavy (non-hydrogen) atoms. The fourth-order valence-corrected chi connectivity index (χ4v) is 1.48. The predicted octanol–water partition coefficient (Wildman–Crippen LogP) is 2.30. The van der Waals surface area contributed by atoms with Crippen LogP contribution >= 0.6 is 0 Å². The monoisotopic (exact) mass is 199 g/mol. The molecule has 3 heteroatoms. The van der Waals surface area contributed by atoms with Crippen molar-refractivity contribution < 1.29 is 9.53 Å². The summed E-state index contributed by atoms with van der Waals surface area (Å²) in [5, 5.41) is 0. The van der Waals surface area contributed by atoms with E-state index >= 15 is 0 Å². The molecule has 0 aromatic rings. The molecular weight excluding hydrogens is 178 g/mol. The van der Waals surface area contributed by atoms with Crippen LogP contribution in [0.2, 0.25) is 0 Å². The molecule has 82 valence electrons. The maximum atomic E-state index is 10.7. The molecule has 0 rings (SSSR count). The number of hydrogen-bond donors (Lipinski definition) is 0. The quantitative estimate of drug-likeness (QED) is 0.486. The molecule has 2 unspecified atom stereocenters. The van der Waals surface area contributed by atoms with Crippen molar-refractivity contribution in [2.45, 2.75) is 40.2 Å². The molecule has 0 saturated heterocycles. The lowest BCUT2D eigenvalue weighted by Gasteiger charge is -2.22. The molecule has 0 aliphatic heterocycles. The number of aliphatic imine (C=N–C) groups is 1. The molecule has 0 aliphatic rings. The summed E-state index contributed by atoms with van der Waals surface area (Å²) < 4.78 is 5.08. The Morgan fingerprint density at radius 2 is 2.00 bits per heavy atom. The Labute approximate surface area is 86.6 Å². The molecule has 0 saturated carbocycles. The Bertz CT molecular complexity index is 190. The summed E-state index contributed by atoms with van der Waals surface area (Å²) in [6.45, 7) is 11.9. The van der Waals surface area contributed by atoms with E-state index in [1.165, 1.54) is 6.92 Å². The van der Waals surface area contributed by atoms with E-state index in [9.17, 15) is 4.79 Å². The summed E-state index contributed by atoms with van der Waals surface area (Å²) >= 11 is 0. The van der Waals surface area contributed by atoms with E-state index in [0.717, 1.165) is 13.0 Å². The van der Waals surface area contributed by atoms with Crippen LogP contribution in [0.15, 0.2) is 4.99 Å².